The maximum absolute atomic E-state index is 10.3. The molecule has 0 aliphatic heterocycles. The van der Waals surface area contributed by atoms with E-state index in [2.05, 4.69) is 34.4 Å². The first-order valence-corrected chi connectivity index (χ1v) is 10.3. The summed E-state index contributed by atoms with van der Waals surface area (Å²) in [5, 5.41) is 24.8. The Morgan fingerprint density at radius 2 is 1.30 bits per heavy atom. The van der Waals surface area contributed by atoms with Crippen LogP contribution in [0.4, 0.5) is 0 Å². The van der Waals surface area contributed by atoms with Crippen LogP contribution in [-0.4, -0.2) is 47.7 Å². The molecule has 0 saturated heterocycles. The molecule has 0 unspecified atom stereocenters. The molecule has 0 aromatic carbocycles. The largest absolute Gasteiger partial charge is 0.481 e. The van der Waals surface area contributed by atoms with E-state index in [4.69, 9.17) is 15.3 Å². The molecule has 27 heavy (non-hydrogen) atoms. The first kappa shape index (κ1) is 28.2. The Morgan fingerprint density at radius 3 is 1.78 bits per heavy atom. The van der Waals surface area contributed by atoms with Gasteiger partial charge in [-0.15, -0.1) is 0 Å². The lowest BCUT2D eigenvalue weighted by atomic mass is 10.1. The van der Waals surface area contributed by atoms with E-state index in [1.165, 1.54) is 57.8 Å². The molecule has 7 heteroatoms. The van der Waals surface area contributed by atoms with E-state index in [0.29, 0.717) is 6.42 Å². The molecule has 0 spiro atoms. The Bertz CT molecular complexity index is 307. The second-order valence-corrected chi connectivity index (χ2v) is 6.25. The average molecular weight is 392 g/mol. The summed E-state index contributed by atoms with van der Waals surface area (Å²) in [5.41, 5.74) is 2.07. The molecule has 0 amide bonds. The van der Waals surface area contributed by atoms with Gasteiger partial charge in [0.25, 0.3) is 0 Å². The topological polar surface area (TPSA) is 108 Å². The predicted octanol–water partition coefficient (Wildman–Crippen LogP) is 3.75. The highest BCUT2D eigenvalue weighted by molar-refractivity contribution is 5.66. The molecule has 0 aliphatic carbocycles. The number of unbranched alkanes of at least 4 members (excludes halogenated alkanes) is 9. The summed E-state index contributed by atoms with van der Waals surface area (Å²) in [7, 11) is 0. The minimum absolute atomic E-state index is 0.0600. The van der Waals surface area contributed by atoms with Crippen LogP contribution in [0.3, 0.4) is 0 Å². The van der Waals surface area contributed by atoms with Crippen molar-refractivity contribution in [1.29, 1.82) is 0 Å². The first-order valence-electron chi connectivity index (χ1n) is 10.3. The molecule has 0 heterocycles. The number of aliphatic hydroxyl groups is 2. The van der Waals surface area contributed by atoms with Crippen molar-refractivity contribution in [1.82, 2.24) is 5.64 Å². The number of aliphatic hydroxyl groups excluding tert-OH is 2. The van der Waals surface area contributed by atoms with E-state index in [9.17, 15) is 4.79 Å². The van der Waals surface area contributed by atoms with Crippen molar-refractivity contribution in [3.8, 4) is 0 Å². The summed E-state index contributed by atoms with van der Waals surface area (Å²) in [6, 6.07) is 0. The molecule has 0 rings (SSSR count). The lowest BCUT2D eigenvalue weighted by Gasteiger charge is -2.01. The smallest absolute Gasteiger partial charge is 0.303 e. The van der Waals surface area contributed by atoms with Gasteiger partial charge in [0, 0.05) is 6.42 Å². The van der Waals surface area contributed by atoms with E-state index < -0.39 is 5.97 Å². The number of aliphatic carboxylic acids is 1. The number of rotatable bonds is 19. The summed E-state index contributed by atoms with van der Waals surface area (Å²) in [6.07, 6.45) is 18.3. The molecular formula is C20H41NO6. The average Bonchev–Trinajstić information content (AvgIpc) is 2.66. The van der Waals surface area contributed by atoms with Gasteiger partial charge in [0.1, 0.15) is 0 Å². The van der Waals surface area contributed by atoms with E-state index in [1.807, 2.05) is 0 Å². The summed E-state index contributed by atoms with van der Waals surface area (Å²) < 4.78 is 0. The van der Waals surface area contributed by atoms with Gasteiger partial charge in [0.05, 0.1) is 26.4 Å². The van der Waals surface area contributed by atoms with Crippen molar-refractivity contribution in [2.24, 2.45) is 0 Å². The van der Waals surface area contributed by atoms with Gasteiger partial charge < -0.3 is 15.3 Å². The van der Waals surface area contributed by atoms with Crippen LogP contribution >= 0.6 is 0 Å². The fourth-order valence-corrected chi connectivity index (χ4v) is 2.21. The number of allylic oxidation sites excluding steroid dienone is 2. The van der Waals surface area contributed by atoms with Gasteiger partial charge in [-0.1, -0.05) is 63.2 Å². The maximum Gasteiger partial charge on any atom is 0.303 e. The number of carbonyl (C=O) groups is 1. The normalized spacial score (nSPS) is 10.8. The fourth-order valence-electron chi connectivity index (χ4n) is 2.21. The minimum atomic E-state index is -0.666. The lowest BCUT2D eigenvalue weighted by Crippen LogP contribution is -2.19. The van der Waals surface area contributed by atoms with Crippen LogP contribution in [-0.2, 0) is 14.5 Å². The van der Waals surface area contributed by atoms with Gasteiger partial charge >= 0.3 is 5.97 Å². The van der Waals surface area contributed by atoms with E-state index in [0.717, 1.165) is 12.8 Å². The third kappa shape index (κ3) is 33.1. The lowest BCUT2D eigenvalue weighted by molar-refractivity contribution is -0.178. The van der Waals surface area contributed by atoms with Crippen molar-refractivity contribution in [3.05, 3.63) is 12.2 Å². The van der Waals surface area contributed by atoms with Gasteiger partial charge in [-0.25, -0.2) is 0 Å². The highest BCUT2D eigenvalue weighted by Gasteiger charge is 1.95. The monoisotopic (exact) mass is 391 g/mol. The number of carboxylic acid groups (broad SMARTS) is 1. The predicted molar refractivity (Wildman–Crippen MR) is 107 cm³/mol. The summed E-state index contributed by atoms with van der Waals surface area (Å²) in [5.74, 6) is -0.666. The molecule has 0 fully saturated rings. The number of nitrogens with one attached hydrogen (secondary N) is 1. The zero-order valence-corrected chi connectivity index (χ0v) is 17.0. The van der Waals surface area contributed by atoms with E-state index in [1.54, 1.807) is 0 Å². The van der Waals surface area contributed by atoms with Crippen LogP contribution in [0.25, 0.3) is 0 Å². The summed E-state index contributed by atoms with van der Waals surface area (Å²) in [6.45, 7) is 2.47. The molecule has 4 N–H and O–H groups in total. The van der Waals surface area contributed by atoms with Gasteiger partial charge in [-0.3, -0.25) is 14.5 Å². The molecule has 0 radical (unpaired) electrons. The minimum Gasteiger partial charge on any atom is -0.481 e. The standard InChI is InChI=1S/C16H30O2.C4H11NO4/c1-2-3-4-5-6-7-8-9-10-11-12-13-14-15-16(17)18;6-1-3-8-5-9-4-2-7/h7-8H,2-6,9-15H2,1H3,(H,17,18);5-7H,1-4H2/b8-7-;. The Balaban J connectivity index is 0. The highest BCUT2D eigenvalue weighted by Crippen LogP contribution is 2.08. The Hall–Kier alpha value is -0.990. The Morgan fingerprint density at radius 1 is 0.815 bits per heavy atom. The molecule has 0 atom stereocenters. The van der Waals surface area contributed by atoms with Crippen LogP contribution < -0.4 is 5.64 Å². The van der Waals surface area contributed by atoms with Crippen LogP contribution in [0.5, 0.6) is 0 Å². The highest BCUT2D eigenvalue weighted by atomic mass is 16.9. The van der Waals surface area contributed by atoms with E-state index in [-0.39, 0.29) is 26.4 Å². The Labute approximate surface area is 164 Å². The quantitative estimate of drug-likeness (QED) is 0.151. The second-order valence-electron chi connectivity index (χ2n) is 6.25. The van der Waals surface area contributed by atoms with Gasteiger partial charge in [0.2, 0.25) is 0 Å². The van der Waals surface area contributed by atoms with Crippen LogP contribution in [0.2, 0.25) is 0 Å². The SMILES string of the molecule is CCCCCC/C=C\CCCCCCCC(=O)O.OCCONOCCO. The number of hydrogen-bond acceptors (Lipinski definition) is 6. The van der Waals surface area contributed by atoms with Gasteiger partial charge in [0.15, 0.2) is 0 Å². The summed E-state index contributed by atoms with van der Waals surface area (Å²) in [4.78, 5) is 19.2. The van der Waals surface area contributed by atoms with Crippen molar-refractivity contribution < 1.29 is 29.8 Å². The second kappa shape index (κ2) is 27.2. The van der Waals surface area contributed by atoms with Gasteiger partial charge in [-0.2, -0.15) is 0 Å². The molecule has 0 aliphatic rings. The fraction of sp³-hybridized carbons (Fsp3) is 0.850. The van der Waals surface area contributed by atoms with Crippen molar-refractivity contribution >= 4 is 5.97 Å². The zero-order valence-electron chi connectivity index (χ0n) is 17.0. The van der Waals surface area contributed by atoms with Gasteiger partial charge in [-0.05, 0) is 32.1 Å². The Kier molecular flexibility index (Phi) is 28.5. The third-order valence-corrected chi connectivity index (χ3v) is 3.66. The zero-order chi connectivity index (χ0) is 20.4. The molecule has 0 saturated carbocycles. The summed E-state index contributed by atoms with van der Waals surface area (Å²) >= 11 is 0. The molecule has 7 nitrogen and oxygen atoms in total. The number of hydrogen-bond donors (Lipinski definition) is 4. The van der Waals surface area contributed by atoms with Crippen molar-refractivity contribution in [2.45, 2.75) is 84.0 Å². The molecule has 0 aromatic heterocycles. The third-order valence-electron chi connectivity index (χ3n) is 3.66. The van der Waals surface area contributed by atoms with E-state index >= 15 is 0 Å². The number of carboxylic acids is 1. The molecular weight excluding hydrogens is 350 g/mol. The first-order chi connectivity index (χ1) is 13.2. The molecule has 162 valence electrons. The molecule has 0 aromatic rings. The maximum atomic E-state index is 10.3. The van der Waals surface area contributed by atoms with Crippen molar-refractivity contribution in [3.63, 3.8) is 0 Å². The molecule has 0 bridgehead atoms. The van der Waals surface area contributed by atoms with Crippen LogP contribution in [0.1, 0.15) is 84.0 Å². The van der Waals surface area contributed by atoms with Crippen LogP contribution in [0.15, 0.2) is 12.2 Å². The van der Waals surface area contributed by atoms with Crippen LogP contribution in [0, 0.1) is 0 Å². The van der Waals surface area contributed by atoms with Crippen molar-refractivity contribution in [2.75, 3.05) is 26.4 Å².